The van der Waals surface area contributed by atoms with Gasteiger partial charge in [-0.2, -0.15) is 0 Å². The van der Waals surface area contributed by atoms with Crippen molar-refractivity contribution in [2.75, 3.05) is 34.0 Å². The Kier molecular flexibility index (Phi) is 79.5. The van der Waals surface area contributed by atoms with E-state index < -0.39 is 0 Å². The molecule has 0 aromatic rings. The first kappa shape index (κ1) is 38.6. The van der Waals surface area contributed by atoms with Gasteiger partial charge in [0.25, 0.3) is 0 Å². The molecule has 0 spiro atoms. The van der Waals surface area contributed by atoms with E-state index in [-0.39, 0.29) is 19.2 Å². The van der Waals surface area contributed by atoms with Crippen LogP contribution in [0.2, 0.25) is 0 Å². The van der Waals surface area contributed by atoms with Crippen molar-refractivity contribution < 1.29 is 23.8 Å². The standard InChI is InChI=1S/C4H8O2.C4H8O.C4H10.2C3H8O.CH4/c1-3-6-4(2)5;1-3-4(2)5;3*1-3-4-2;/h3H2,1-2H3;3H2,1-2H3;3-4H2,1-2H3;2*3H2,1-2H3;1H4. The van der Waals surface area contributed by atoms with Crippen LogP contribution in [-0.4, -0.2) is 45.8 Å². The van der Waals surface area contributed by atoms with Gasteiger partial charge in [-0.3, -0.25) is 4.79 Å². The topological polar surface area (TPSA) is 61.8 Å². The van der Waals surface area contributed by atoms with E-state index in [1.165, 1.54) is 19.8 Å². The van der Waals surface area contributed by atoms with E-state index >= 15 is 0 Å². The molecule has 0 N–H and O–H groups in total. The normalized spacial score (nSPS) is 7.25. The molecular weight excluding hydrogens is 308 g/mol. The molecule has 0 aliphatic carbocycles. The van der Waals surface area contributed by atoms with E-state index in [0.29, 0.717) is 13.0 Å². The molecule has 0 rings (SSSR count). The molecular formula is C19H46O5. The van der Waals surface area contributed by atoms with Crippen molar-refractivity contribution >= 4 is 11.8 Å². The number of hydrogen-bond donors (Lipinski definition) is 0. The largest absolute Gasteiger partial charge is 0.466 e. The second-order valence-corrected chi connectivity index (χ2v) is 4.13. The van der Waals surface area contributed by atoms with Crippen LogP contribution in [0.4, 0.5) is 0 Å². The van der Waals surface area contributed by atoms with Gasteiger partial charge in [0.05, 0.1) is 6.61 Å². The molecule has 0 aliphatic heterocycles. The Morgan fingerprint density at radius 1 is 0.708 bits per heavy atom. The lowest BCUT2D eigenvalue weighted by Gasteiger charge is -1.89. The van der Waals surface area contributed by atoms with E-state index in [1.807, 2.05) is 20.8 Å². The summed E-state index contributed by atoms with van der Waals surface area (Å²) in [6, 6.07) is 0. The first-order valence-corrected chi connectivity index (χ1v) is 8.39. The summed E-state index contributed by atoms with van der Waals surface area (Å²) in [5, 5.41) is 0. The molecule has 0 saturated carbocycles. The highest BCUT2D eigenvalue weighted by Gasteiger charge is 1.81. The van der Waals surface area contributed by atoms with Gasteiger partial charge in [0, 0.05) is 40.8 Å². The average Bonchev–Trinajstić information content (AvgIpc) is 2.55. The zero-order chi connectivity index (χ0) is 19.5. The predicted molar refractivity (Wildman–Crippen MR) is 106 cm³/mol. The highest BCUT2D eigenvalue weighted by Crippen LogP contribution is 1.76. The minimum atomic E-state index is -0.211. The zero-order valence-electron chi connectivity index (χ0n) is 17.3. The van der Waals surface area contributed by atoms with Gasteiger partial charge in [-0.1, -0.05) is 41.0 Å². The van der Waals surface area contributed by atoms with E-state index in [0.717, 1.165) is 13.2 Å². The number of unbranched alkanes of at least 4 members (excludes halogenated alkanes) is 1. The Balaban J connectivity index is -0.0000000422. The number of esters is 1. The minimum Gasteiger partial charge on any atom is -0.466 e. The third kappa shape index (κ3) is 170. The molecule has 0 atom stereocenters. The molecule has 152 valence electrons. The van der Waals surface area contributed by atoms with Gasteiger partial charge in [-0.05, 0) is 27.7 Å². The Hall–Kier alpha value is -0.940. The number of Topliss-reactive ketones (excluding diaryl/α,β-unsaturated/α-hetero) is 1. The van der Waals surface area contributed by atoms with Gasteiger partial charge >= 0.3 is 5.97 Å². The fourth-order valence-electron chi connectivity index (χ4n) is 0.203. The quantitative estimate of drug-likeness (QED) is 0.627. The lowest BCUT2D eigenvalue weighted by molar-refractivity contribution is -0.140. The van der Waals surface area contributed by atoms with E-state index in [1.54, 1.807) is 28.1 Å². The maximum atomic E-state index is 9.82. The number of methoxy groups -OCH3 is 2. The Labute approximate surface area is 152 Å². The predicted octanol–water partition coefficient (Wildman–Crippen LogP) is 5.30. The third-order valence-electron chi connectivity index (χ3n) is 1.92. The maximum Gasteiger partial charge on any atom is 0.302 e. The number of carbonyl (C=O) groups excluding carboxylic acids is 2. The molecule has 24 heavy (non-hydrogen) atoms. The van der Waals surface area contributed by atoms with Gasteiger partial charge in [-0.15, -0.1) is 0 Å². The molecule has 5 heteroatoms. The average molecular weight is 355 g/mol. The third-order valence-corrected chi connectivity index (χ3v) is 1.92. The fourth-order valence-corrected chi connectivity index (χ4v) is 0.203. The highest BCUT2D eigenvalue weighted by atomic mass is 16.5. The number of ether oxygens (including phenoxy) is 3. The second kappa shape index (κ2) is 49.5. The van der Waals surface area contributed by atoms with Gasteiger partial charge < -0.3 is 19.0 Å². The summed E-state index contributed by atoms with van der Waals surface area (Å²) in [5.41, 5.74) is 0. The van der Waals surface area contributed by atoms with Crippen LogP contribution in [0.5, 0.6) is 0 Å². The molecule has 0 radical (unpaired) electrons. The molecule has 0 heterocycles. The second-order valence-electron chi connectivity index (χ2n) is 4.13. The van der Waals surface area contributed by atoms with Gasteiger partial charge in [-0.25, -0.2) is 0 Å². The van der Waals surface area contributed by atoms with Crippen LogP contribution in [0, 0.1) is 0 Å². The van der Waals surface area contributed by atoms with E-state index in [2.05, 4.69) is 28.1 Å². The van der Waals surface area contributed by atoms with Crippen molar-refractivity contribution in [1.82, 2.24) is 0 Å². The molecule has 0 aromatic heterocycles. The molecule has 0 aliphatic rings. The number of rotatable bonds is 5. The van der Waals surface area contributed by atoms with Crippen LogP contribution in [0.15, 0.2) is 0 Å². The zero-order valence-corrected chi connectivity index (χ0v) is 17.3. The van der Waals surface area contributed by atoms with Gasteiger partial charge in [0.2, 0.25) is 0 Å². The van der Waals surface area contributed by atoms with E-state index in [9.17, 15) is 9.59 Å². The van der Waals surface area contributed by atoms with Crippen LogP contribution >= 0.6 is 0 Å². The monoisotopic (exact) mass is 354 g/mol. The molecule has 0 unspecified atom stereocenters. The van der Waals surface area contributed by atoms with Crippen LogP contribution in [-0.2, 0) is 23.8 Å². The van der Waals surface area contributed by atoms with E-state index in [4.69, 9.17) is 0 Å². The van der Waals surface area contributed by atoms with Crippen molar-refractivity contribution in [2.24, 2.45) is 0 Å². The van der Waals surface area contributed by atoms with Crippen molar-refractivity contribution in [3.8, 4) is 0 Å². The lowest BCUT2D eigenvalue weighted by atomic mass is 10.4. The molecule has 5 nitrogen and oxygen atoms in total. The molecule has 0 amide bonds. The highest BCUT2D eigenvalue weighted by molar-refractivity contribution is 5.74. The molecule has 0 aromatic carbocycles. The Morgan fingerprint density at radius 2 is 0.958 bits per heavy atom. The molecule has 0 bridgehead atoms. The van der Waals surface area contributed by atoms with Gasteiger partial charge in [0.15, 0.2) is 0 Å². The smallest absolute Gasteiger partial charge is 0.302 e. The number of hydrogen-bond acceptors (Lipinski definition) is 5. The van der Waals surface area contributed by atoms with Crippen molar-refractivity contribution in [2.45, 2.75) is 82.1 Å². The molecule has 0 fully saturated rings. The lowest BCUT2D eigenvalue weighted by Crippen LogP contribution is -1.95. The van der Waals surface area contributed by atoms with Crippen LogP contribution < -0.4 is 0 Å². The number of carbonyl (C=O) groups is 2. The first-order valence-electron chi connectivity index (χ1n) is 8.39. The first-order chi connectivity index (χ1) is 10.8. The molecule has 0 saturated heterocycles. The summed E-state index contributed by atoms with van der Waals surface area (Å²) in [4.78, 5) is 19.6. The fraction of sp³-hybridized carbons (Fsp3) is 0.895. The van der Waals surface area contributed by atoms with Crippen LogP contribution in [0.3, 0.4) is 0 Å². The Morgan fingerprint density at radius 3 is 0.958 bits per heavy atom. The minimum absolute atomic E-state index is 0. The summed E-state index contributed by atoms with van der Waals surface area (Å²) in [6.45, 7) is 17.0. The summed E-state index contributed by atoms with van der Waals surface area (Å²) >= 11 is 0. The van der Waals surface area contributed by atoms with Crippen LogP contribution in [0.1, 0.15) is 82.1 Å². The maximum absolute atomic E-state index is 9.82. The number of ketones is 1. The summed E-state index contributed by atoms with van der Waals surface area (Å²) in [5.74, 6) is 0.0440. The summed E-state index contributed by atoms with van der Waals surface area (Å²) in [7, 11) is 3.36. The summed E-state index contributed by atoms with van der Waals surface area (Å²) in [6.07, 6.45) is 3.31. The van der Waals surface area contributed by atoms with Gasteiger partial charge in [0.1, 0.15) is 5.78 Å². The Bertz CT molecular complexity index is 179. The summed E-state index contributed by atoms with van der Waals surface area (Å²) < 4.78 is 13.5. The van der Waals surface area contributed by atoms with Crippen LogP contribution in [0.25, 0.3) is 0 Å². The van der Waals surface area contributed by atoms with Crippen molar-refractivity contribution in [3.63, 3.8) is 0 Å². The van der Waals surface area contributed by atoms with Crippen molar-refractivity contribution in [1.29, 1.82) is 0 Å². The van der Waals surface area contributed by atoms with Crippen molar-refractivity contribution in [3.05, 3.63) is 0 Å². The SMILES string of the molecule is C.CCC(C)=O.CCCC.CCOC.CCOC.CCOC(C)=O.